The van der Waals surface area contributed by atoms with Crippen LogP contribution in [0.25, 0.3) is 11.1 Å². The quantitative estimate of drug-likeness (QED) is 0.688. The third-order valence-corrected chi connectivity index (χ3v) is 4.72. The summed E-state index contributed by atoms with van der Waals surface area (Å²) in [6.07, 6.45) is 0. The van der Waals surface area contributed by atoms with Gasteiger partial charge in [-0.1, -0.05) is 19.0 Å². The maximum Gasteiger partial charge on any atom is 0.259 e. The summed E-state index contributed by atoms with van der Waals surface area (Å²) in [6.45, 7) is 7.73. The molecule has 28 heavy (non-hydrogen) atoms. The lowest BCUT2D eigenvalue weighted by molar-refractivity contribution is 0.0941. The Morgan fingerprint density at radius 1 is 1.14 bits per heavy atom. The van der Waals surface area contributed by atoms with E-state index in [2.05, 4.69) is 15.5 Å². The number of benzene rings is 1. The Labute approximate surface area is 164 Å². The van der Waals surface area contributed by atoms with Gasteiger partial charge in [0.2, 0.25) is 0 Å². The molecular formula is C21H25N3O4. The molecule has 7 heteroatoms. The lowest BCUT2D eigenvalue weighted by atomic mass is 10.0. The van der Waals surface area contributed by atoms with E-state index in [-0.39, 0.29) is 17.9 Å². The molecule has 1 atom stereocenters. The lowest BCUT2D eigenvalue weighted by Crippen LogP contribution is -2.27. The number of fused-ring (bicyclic) bond motifs is 1. The smallest absolute Gasteiger partial charge is 0.259 e. The number of hydrogen-bond donors (Lipinski definition) is 1. The molecule has 1 amide bonds. The highest BCUT2D eigenvalue weighted by molar-refractivity contribution is 6.06. The van der Waals surface area contributed by atoms with Gasteiger partial charge in [-0.05, 0) is 44.0 Å². The van der Waals surface area contributed by atoms with Crippen LogP contribution in [0.3, 0.4) is 0 Å². The fraction of sp³-hybridized carbons (Fsp3) is 0.381. The molecule has 0 aliphatic heterocycles. The molecule has 1 aromatic carbocycles. The molecule has 2 aromatic heterocycles. The summed E-state index contributed by atoms with van der Waals surface area (Å²) < 4.78 is 16.1. The van der Waals surface area contributed by atoms with Crippen molar-refractivity contribution in [3.8, 4) is 11.5 Å². The minimum Gasteiger partial charge on any atom is -0.497 e. The van der Waals surface area contributed by atoms with Crippen molar-refractivity contribution in [2.45, 2.75) is 39.7 Å². The SMILES string of the molecule is COc1ccc(OC)c(C(C)NC(=O)c2cc(C(C)C)nc3onc(C)c23)c1. The highest BCUT2D eigenvalue weighted by Crippen LogP contribution is 2.30. The highest BCUT2D eigenvalue weighted by atomic mass is 16.5. The Balaban J connectivity index is 1.98. The summed E-state index contributed by atoms with van der Waals surface area (Å²) in [5.74, 6) is 1.30. The van der Waals surface area contributed by atoms with Crippen LogP contribution in [-0.2, 0) is 0 Å². The van der Waals surface area contributed by atoms with Gasteiger partial charge in [-0.15, -0.1) is 0 Å². The molecule has 148 valence electrons. The van der Waals surface area contributed by atoms with Gasteiger partial charge in [0.05, 0.1) is 36.9 Å². The first kappa shape index (κ1) is 19.7. The number of nitrogens with zero attached hydrogens (tertiary/aromatic N) is 2. The molecule has 7 nitrogen and oxygen atoms in total. The maximum absolute atomic E-state index is 13.1. The van der Waals surface area contributed by atoms with Crippen LogP contribution < -0.4 is 14.8 Å². The van der Waals surface area contributed by atoms with Gasteiger partial charge < -0.3 is 19.3 Å². The van der Waals surface area contributed by atoms with Crippen molar-refractivity contribution in [3.05, 3.63) is 46.8 Å². The predicted molar refractivity (Wildman–Crippen MR) is 106 cm³/mol. The fourth-order valence-electron chi connectivity index (χ4n) is 3.12. The number of methoxy groups -OCH3 is 2. The molecular weight excluding hydrogens is 358 g/mol. The number of amides is 1. The van der Waals surface area contributed by atoms with Crippen molar-refractivity contribution in [2.24, 2.45) is 0 Å². The standard InChI is InChI=1S/C21H25N3O4/c1-11(2)17-10-16(19-13(4)24-28-21(19)23-17)20(25)22-12(3)15-9-14(26-5)7-8-18(15)27-6/h7-12H,1-6H3,(H,22,25). The van der Waals surface area contributed by atoms with Crippen LogP contribution in [0, 0.1) is 6.92 Å². The average molecular weight is 383 g/mol. The first-order chi connectivity index (χ1) is 13.3. The molecule has 1 unspecified atom stereocenters. The van der Waals surface area contributed by atoms with Gasteiger partial charge in [-0.25, -0.2) is 4.98 Å². The molecule has 0 aliphatic carbocycles. The van der Waals surface area contributed by atoms with Gasteiger partial charge in [0, 0.05) is 11.3 Å². The number of rotatable bonds is 6. The largest absolute Gasteiger partial charge is 0.497 e. The van der Waals surface area contributed by atoms with Crippen molar-refractivity contribution in [2.75, 3.05) is 14.2 Å². The molecule has 3 aromatic rings. The predicted octanol–water partition coefficient (Wildman–Crippen LogP) is 4.16. The minimum atomic E-state index is -0.302. The summed E-state index contributed by atoms with van der Waals surface area (Å²) in [5.41, 5.74) is 3.11. The van der Waals surface area contributed by atoms with Gasteiger partial charge in [-0.2, -0.15) is 0 Å². The van der Waals surface area contributed by atoms with E-state index in [0.717, 1.165) is 11.3 Å². The zero-order valence-electron chi connectivity index (χ0n) is 17.0. The summed E-state index contributed by atoms with van der Waals surface area (Å²) in [7, 11) is 3.20. The number of nitrogens with one attached hydrogen (secondary N) is 1. The number of carbonyl (C=O) groups excluding carboxylic acids is 1. The number of aromatic nitrogens is 2. The second-order valence-electron chi connectivity index (χ2n) is 7.00. The zero-order valence-corrected chi connectivity index (χ0v) is 17.0. The number of carbonyl (C=O) groups is 1. The summed E-state index contributed by atoms with van der Waals surface area (Å²) in [5, 5.41) is 7.65. The van der Waals surface area contributed by atoms with Gasteiger partial charge in [0.15, 0.2) is 0 Å². The van der Waals surface area contributed by atoms with Crippen molar-refractivity contribution >= 4 is 17.0 Å². The Morgan fingerprint density at radius 2 is 1.89 bits per heavy atom. The zero-order chi connectivity index (χ0) is 20.4. The molecule has 0 fully saturated rings. The van der Waals surface area contributed by atoms with E-state index in [1.54, 1.807) is 21.1 Å². The second kappa shape index (κ2) is 7.88. The molecule has 2 heterocycles. The van der Waals surface area contributed by atoms with Crippen molar-refractivity contribution in [1.82, 2.24) is 15.5 Å². The lowest BCUT2D eigenvalue weighted by Gasteiger charge is -2.19. The second-order valence-corrected chi connectivity index (χ2v) is 7.00. The molecule has 0 saturated carbocycles. The number of aryl methyl sites for hydroxylation is 1. The summed E-state index contributed by atoms with van der Waals surface area (Å²) in [4.78, 5) is 17.6. The number of pyridine rings is 1. The van der Waals surface area contributed by atoms with Crippen LogP contribution in [0.4, 0.5) is 0 Å². The third kappa shape index (κ3) is 3.65. The Bertz CT molecular complexity index is 1010. The van der Waals surface area contributed by atoms with Crippen LogP contribution in [0.5, 0.6) is 11.5 Å². The number of ether oxygens (including phenoxy) is 2. The molecule has 0 bridgehead atoms. The van der Waals surface area contributed by atoms with Gasteiger partial charge in [0.1, 0.15) is 11.5 Å². The van der Waals surface area contributed by atoms with E-state index in [1.807, 2.05) is 45.0 Å². The molecule has 0 saturated heterocycles. The summed E-state index contributed by atoms with van der Waals surface area (Å²) in [6, 6.07) is 7.00. The molecule has 0 aliphatic rings. The minimum absolute atomic E-state index is 0.150. The van der Waals surface area contributed by atoms with E-state index in [9.17, 15) is 4.79 Å². The average Bonchev–Trinajstić information content (AvgIpc) is 3.07. The Morgan fingerprint density at radius 3 is 2.54 bits per heavy atom. The first-order valence-electron chi connectivity index (χ1n) is 9.15. The van der Waals surface area contributed by atoms with E-state index in [0.29, 0.717) is 33.9 Å². The van der Waals surface area contributed by atoms with Gasteiger partial charge in [-0.3, -0.25) is 4.79 Å². The van der Waals surface area contributed by atoms with E-state index in [1.165, 1.54) is 0 Å². The molecule has 1 N–H and O–H groups in total. The molecule has 3 rings (SSSR count). The van der Waals surface area contributed by atoms with Crippen molar-refractivity contribution in [3.63, 3.8) is 0 Å². The maximum atomic E-state index is 13.1. The Hall–Kier alpha value is -3.09. The first-order valence-corrected chi connectivity index (χ1v) is 9.15. The van der Waals surface area contributed by atoms with Gasteiger partial charge in [0.25, 0.3) is 11.6 Å². The van der Waals surface area contributed by atoms with Crippen LogP contribution in [-0.4, -0.2) is 30.3 Å². The van der Waals surface area contributed by atoms with Crippen LogP contribution in [0.2, 0.25) is 0 Å². The van der Waals surface area contributed by atoms with E-state index < -0.39 is 0 Å². The highest BCUT2D eigenvalue weighted by Gasteiger charge is 2.22. The van der Waals surface area contributed by atoms with E-state index >= 15 is 0 Å². The van der Waals surface area contributed by atoms with E-state index in [4.69, 9.17) is 14.0 Å². The van der Waals surface area contributed by atoms with Crippen LogP contribution >= 0.6 is 0 Å². The Kier molecular flexibility index (Phi) is 5.53. The summed E-state index contributed by atoms with van der Waals surface area (Å²) >= 11 is 0. The normalized spacial score (nSPS) is 12.2. The monoisotopic (exact) mass is 383 g/mol. The van der Waals surface area contributed by atoms with Crippen molar-refractivity contribution < 1.29 is 18.8 Å². The molecule has 0 radical (unpaired) electrons. The fourth-order valence-corrected chi connectivity index (χ4v) is 3.12. The topological polar surface area (TPSA) is 86.5 Å². The molecule has 0 spiro atoms. The van der Waals surface area contributed by atoms with Gasteiger partial charge >= 0.3 is 0 Å². The van der Waals surface area contributed by atoms with Crippen molar-refractivity contribution in [1.29, 1.82) is 0 Å². The van der Waals surface area contributed by atoms with Crippen LogP contribution in [0.1, 0.15) is 60.0 Å². The third-order valence-electron chi connectivity index (χ3n) is 4.72. The van der Waals surface area contributed by atoms with Crippen LogP contribution in [0.15, 0.2) is 28.8 Å². The number of hydrogen-bond acceptors (Lipinski definition) is 6.